The summed E-state index contributed by atoms with van der Waals surface area (Å²) in [6.07, 6.45) is 3.37. The van der Waals surface area contributed by atoms with Gasteiger partial charge < -0.3 is 165 Å². The van der Waals surface area contributed by atoms with Crippen LogP contribution in [0.1, 0.15) is 129 Å². The molecule has 3 heterocycles. The highest BCUT2D eigenvalue weighted by atomic mass is 32.2. The van der Waals surface area contributed by atoms with Gasteiger partial charge in [-0.1, -0.05) is 119 Å². The normalized spacial score (nSPS) is 15.0. The quantitative estimate of drug-likeness (QED) is 0.00858. The molecule has 0 aliphatic carbocycles. The van der Waals surface area contributed by atoms with Gasteiger partial charge in [-0.15, -0.1) is 0 Å². The molecular formula is C87H144B4N20O31S3. The Bertz CT molecular complexity index is 4430. The van der Waals surface area contributed by atoms with Crippen molar-refractivity contribution in [3.8, 4) is 0 Å². The lowest BCUT2D eigenvalue weighted by molar-refractivity contribution is -0.142. The van der Waals surface area contributed by atoms with Gasteiger partial charge in [-0.05, 0) is 122 Å². The number of carbonyl (C=O) groups excluding carboxylic acids is 15. The molecule has 3 saturated heterocycles. The van der Waals surface area contributed by atoms with Crippen LogP contribution in [-0.2, 0) is 111 Å². The zero-order valence-corrected chi connectivity index (χ0v) is 84.6. The fourth-order valence-electron chi connectivity index (χ4n) is 12.3. The van der Waals surface area contributed by atoms with Crippen LogP contribution < -0.4 is 106 Å². The second kappa shape index (κ2) is 78.2. The van der Waals surface area contributed by atoms with Gasteiger partial charge in [0.1, 0.15) is 80.7 Å². The van der Waals surface area contributed by atoms with Crippen LogP contribution >= 0.6 is 37.0 Å². The van der Waals surface area contributed by atoms with E-state index in [1.807, 2.05) is 72.0 Å². The van der Waals surface area contributed by atoms with Crippen LogP contribution in [0.15, 0.2) is 91.0 Å². The van der Waals surface area contributed by atoms with Gasteiger partial charge in [0.15, 0.2) is 0 Å². The molecule has 3 aliphatic heterocycles. The third-order valence-electron chi connectivity index (χ3n) is 19.8. The number of likely N-dealkylation sites (N-methyl/N-ethyl adjacent to an activating group) is 2. The molecule has 145 heavy (non-hydrogen) atoms. The van der Waals surface area contributed by atoms with E-state index >= 15 is 0 Å². The minimum Gasteiger partial charge on any atom is -0.481 e. The number of carboxylic acid groups (broad SMARTS) is 4. The number of urea groups is 1. The molecule has 6 rings (SSSR count). The molecule has 12 unspecified atom stereocenters. The number of fused-ring (bicyclic) bond motifs is 1. The number of hydrogen-bond donors (Lipinski definition) is 30. The van der Waals surface area contributed by atoms with Crippen molar-refractivity contribution in [3.05, 3.63) is 108 Å². The van der Waals surface area contributed by atoms with Gasteiger partial charge in [0, 0.05) is 69.9 Å². The fourth-order valence-corrected chi connectivity index (χ4v) is 14.0. The van der Waals surface area contributed by atoms with Crippen LogP contribution in [0.2, 0.25) is 27.3 Å². The van der Waals surface area contributed by atoms with E-state index in [9.17, 15) is 106 Å². The SMILES string of the molecule is C.C1CCOCC1.CB(O)NCCCCC(NC(=O)OCc1ccccc1)C(=O)O.CCC(NC(=O)C(CNB(C)O)NC(=O)OCc1ccccc1)C(=O)O.CCNC(=O)C(CC)NC(=O)C(CNB(C)O)NC(=O)CS.CCNC(=O)C(CC)NC(=O)C(CNB(C)O)NC(=O)OCc1ccccc1.O=C(O)CNC(=O)C(CC(=O)O)NC(=O)C(CNC(=O)CNC(=O)CC1SCC2NC(=O)NC21)NC(=O)CS. The van der Waals surface area contributed by atoms with Crippen molar-refractivity contribution in [1.82, 2.24) is 106 Å². The number of rotatable bonds is 56. The number of thioether (sulfide) groups is 1. The molecule has 3 aliphatic rings. The molecule has 3 fully saturated rings. The second-order valence-corrected chi connectivity index (χ2v) is 33.8. The first kappa shape index (κ1) is 133. The van der Waals surface area contributed by atoms with Crippen LogP contribution in [0.25, 0.3) is 0 Å². The summed E-state index contributed by atoms with van der Waals surface area (Å²) in [6.45, 7) is 16.6. The van der Waals surface area contributed by atoms with Gasteiger partial charge in [-0.2, -0.15) is 37.0 Å². The Morgan fingerprint density at radius 1 is 0.414 bits per heavy atom. The number of unbranched alkanes of at least 4 members (excludes halogenated alkanes) is 1. The Hall–Kier alpha value is -12.3. The van der Waals surface area contributed by atoms with Crippen molar-refractivity contribution in [2.75, 3.05) is 89.4 Å². The lowest BCUT2D eigenvalue weighted by Crippen LogP contribution is -2.58. The van der Waals surface area contributed by atoms with Gasteiger partial charge in [-0.25, -0.2) is 28.8 Å². The molecule has 0 spiro atoms. The lowest BCUT2D eigenvalue weighted by Gasteiger charge is -2.22. The summed E-state index contributed by atoms with van der Waals surface area (Å²) in [5, 5.41) is 123. The van der Waals surface area contributed by atoms with Gasteiger partial charge >= 0.3 is 76.4 Å². The van der Waals surface area contributed by atoms with E-state index in [0.717, 1.165) is 29.9 Å². The highest BCUT2D eigenvalue weighted by Gasteiger charge is 2.44. The van der Waals surface area contributed by atoms with Crippen LogP contribution in [0.4, 0.5) is 19.2 Å². The first-order valence-corrected chi connectivity index (χ1v) is 48.9. The first-order valence-electron chi connectivity index (χ1n) is 46.5. The molecular weight excluding hydrogens is 1960 g/mol. The van der Waals surface area contributed by atoms with E-state index in [1.165, 1.54) is 51.5 Å². The van der Waals surface area contributed by atoms with E-state index in [2.05, 4.69) is 126 Å². The Kier molecular flexibility index (Phi) is 71.5. The maximum absolute atomic E-state index is 12.7. The number of thiol groups is 2. The number of hydrogen-bond acceptors (Lipinski definition) is 34. The van der Waals surface area contributed by atoms with Crippen LogP contribution in [-0.4, -0.2) is 343 Å². The van der Waals surface area contributed by atoms with Gasteiger partial charge in [-0.3, -0.25) is 62.3 Å². The third-order valence-corrected chi connectivity index (χ3v) is 21.8. The summed E-state index contributed by atoms with van der Waals surface area (Å²) in [6, 6.07) is 17.1. The van der Waals surface area contributed by atoms with Crippen molar-refractivity contribution >= 4 is 178 Å². The van der Waals surface area contributed by atoms with E-state index in [0.29, 0.717) is 57.5 Å². The molecule has 0 aromatic heterocycles. The van der Waals surface area contributed by atoms with Crippen molar-refractivity contribution < 1.29 is 151 Å². The Balaban J connectivity index is 0.00000178. The van der Waals surface area contributed by atoms with Crippen LogP contribution in [0, 0.1) is 0 Å². The summed E-state index contributed by atoms with van der Waals surface area (Å²) >= 11 is 9.14. The topological polar surface area (TPSA) is 764 Å². The maximum Gasteiger partial charge on any atom is 0.408 e. The standard InChI is InChI=1S/C20H29N7O10S2.C18H29BN4O5.C16H24BN3O6.C15H23BN2O5.C12H25BN4O4S.C5H10O.CH4/c28-12(2-11-17-10(7-39-11)26-20(37)27-17)22-4-13(29)21-3-9(24-14(30)6-38)19(36)25-8(1-15(31)32)18(35)23-5-16(33)34;1-4-14(16(24)20-5-2)22-17(25)15(11-21-19(3)27)23-18(26)28-12-13-9-7-6-8-10-13;1-3-12(15(22)23)19-14(21)13(9-18-17(2)25)20-16(24)26-10-11-7-5-4-6-8-11;1-16(22)17-10-6-5-9-13(14(19)20)18-15(21)23-11-12-7-3-2-4-8-12;1-4-8(11(19)14-5-2)17-12(20)9(6-15-13(3)21)16-10(18)7-22;1-2-4-6-5-3-1;/h8-11,17,38H,1-7H2,(H,21,29)(H,22,28)(H,23,35)(H,24,30)(H,25,36)(H,31,32)(H,33,34)(H2,26,27,37);6-10,14-15,21,27H,4-5,11-12H2,1-3H3,(H,20,24)(H,22,25)(H,23,26);4-8,12-13,18,25H,3,9-10H2,1-2H3,(H,19,21)(H,20,24)(H,22,23);2-4,7-8,13,17,22H,5-6,9-11H2,1H3,(H,18,21)(H,19,20);8-9,15,21-22H,4-7H2,1-3H3,(H,14,19)(H,16,18)(H,17,20);1-5H2;1H4. The third kappa shape index (κ3) is 62.9. The average Bonchev–Trinajstić information content (AvgIpc) is 1.66. The van der Waals surface area contributed by atoms with Crippen molar-refractivity contribution in [2.45, 2.75) is 231 Å². The fraction of sp³-hybridized carbons (Fsp3) is 0.575. The van der Waals surface area contributed by atoms with E-state index in [1.54, 1.807) is 65.7 Å². The van der Waals surface area contributed by atoms with Crippen molar-refractivity contribution in [1.29, 1.82) is 0 Å². The molecule has 3 aromatic carbocycles. The maximum atomic E-state index is 12.7. The van der Waals surface area contributed by atoms with Crippen LogP contribution in [0.5, 0.6) is 0 Å². The van der Waals surface area contributed by atoms with Gasteiger partial charge in [0.2, 0.25) is 65.0 Å². The summed E-state index contributed by atoms with van der Waals surface area (Å²) in [5.41, 5.74) is 2.42. The zero-order chi connectivity index (χ0) is 108. The van der Waals surface area contributed by atoms with Gasteiger partial charge in [0.05, 0.1) is 36.6 Å². The molecule has 51 nitrogen and oxygen atoms in total. The minimum absolute atomic E-state index is 0. The molecule has 808 valence electrons. The molecule has 0 radical (unpaired) electrons. The Morgan fingerprint density at radius 2 is 0.793 bits per heavy atom. The van der Waals surface area contributed by atoms with E-state index < -0.39 is 204 Å². The molecule has 0 saturated carbocycles. The predicted octanol–water partition coefficient (Wildman–Crippen LogP) is -3.49. The van der Waals surface area contributed by atoms with E-state index in [-0.39, 0.29) is 106 Å². The lowest BCUT2D eigenvalue weighted by atomic mass is 9.88. The number of aliphatic carboxylic acids is 4. The summed E-state index contributed by atoms with van der Waals surface area (Å²) in [4.78, 5) is 225. The predicted molar refractivity (Wildman–Crippen MR) is 545 cm³/mol. The van der Waals surface area contributed by atoms with E-state index in [4.69, 9.17) is 44.4 Å². The highest BCUT2D eigenvalue weighted by molar-refractivity contribution is 8.00. The molecule has 58 heteroatoms. The van der Waals surface area contributed by atoms with Crippen LogP contribution in [0.3, 0.4) is 0 Å². The number of carboxylic acids is 4. The number of alkyl carbamates (subject to hydrolysis) is 3. The molecule has 12 atom stereocenters. The highest BCUT2D eigenvalue weighted by Crippen LogP contribution is 2.32. The van der Waals surface area contributed by atoms with Crippen molar-refractivity contribution in [2.24, 2.45) is 0 Å². The van der Waals surface area contributed by atoms with Crippen molar-refractivity contribution in [3.63, 3.8) is 0 Å². The van der Waals surface area contributed by atoms with Gasteiger partial charge in [0.25, 0.3) is 0 Å². The first-order chi connectivity index (χ1) is 68.4. The Morgan fingerprint density at radius 3 is 1.14 bits per heavy atom. The number of ether oxygens (including phenoxy) is 4. The molecule has 0 bridgehead atoms. The molecule has 28 N–H and O–H groups in total. The number of nitrogens with one attached hydrogen (secondary N) is 20. The summed E-state index contributed by atoms with van der Waals surface area (Å²) < 4.78 is 20.3. The molecule has 3 aromatic rings. The average molecular weight is 2110 g/mol. The largest absolute Gasteiger partial charge is 0.481 e. The summed E-state index contributed by atoms with van der Waals surface area (Å²) in [5.74, 6) is -11.6. The number of carbonyl (C=O) groups is 19. The number of benzene rings is 3. The minimum atomic E-state index is -1.67. The monoisotopic (exact) mass is 2100 g/mol. The zero-order valence-electron chi connectivity index (χ0n) is 82.0. The number of amides is 16. The summed E-state index contributed by atoms with van der Waals surface area (Å²) in [7, 11) is -3.19. The Labute approximate surface area is 859 Å². The smallest absolute Gasteiger partial charge is 0.408 e. The molecule has 16 amide bonds. The second-order valence-electron chi connectivity index (χ2n) is 31.9.